The summed E-state index contributed by atoms with van der Waals surface area (Å²) in [6.07, 6.45) is 2.42. The van der Waals surface area contributed by atoms with Gasteiger partial charge in [0.1, 0.15) is 0 Å². The summed E-state index contributed by atoms with van der Waals surface area (Å²) < 4.78 is 0. The standard InChI is InChI=1S/C9H18N2O2/c1-7(12)11-5-3-2-4-8(11)9(13)6-10/h8-9,13H,2-6,10H2,1H3. The lowest BCUT2D eigenvalue weighted by molar-refractivity contribution is -0.135. The molecule has 0 saturated carbocycles. The molecule has 13 heavy (non-hydrogen) atoms. The third-order valence-electron chi connectivity index (χ3n) is 2.64. The van der Waals surface area contributed by atoms with Crippen molar-refractivity contribution in [2.24, 2.45) is 5.73 Å². The van der Waals surface area contributed by atoms with Gasteiger partial charge in [-0.3, -0.25) is 4.79 Å². The van der Waals surface area contributed by atoms with Crippen LogP contribution in [0.15, 0.2) is 0 Å². The first-order chi connectivity index (χ1) is 6.16. The predicted molar refractivity (Wildman–Crippen MR) is 50.1 cm³/mol. The maximum atomic E-state index is 11.2. The minimum Gasteiger partial charge on any atom is -0.390 e. The number of aliphatic hydroxyl groups excluding tert-OH is 1. The van der Waals surface area contributed by atoms with Crippen LogP contribution in [0.5, 0.6) is 0 Å². The molecule has 2 atom stereocenters. The largest absolute Gasteiger partial charge is 0.390 e. The molecule has 1 aliphatic heterocycles. The van der Waals surface area contributed by atoms with Crippen molar-refractivity contribution in [3.63, 3.8) is 0 Å². The molecule has 3 N–H and O–H groups in total. The fraction of sp³-hybridized carbons (Fsp3) is 0.889. The van der Waals surface area contributed by atoms with Crippen LogP contribution >= 0.6 is 0 Å². The number of hydrogen-bond acceptors (Lipinski definition) is 3. The Morgan fingerprint density at radius 3 is 2.92 bits per heavy atom. The number of carbonyl (C=O) groups excluding carboxylic acids is 1. The van der Waals surface area contributed by atoms with Crippen LogP contribution in [0, 0.1) is 0 Å². The number of piperidine rings is 1. The minimum absolute atomic E-state index is 0.0391. The summed E-state index contributed by atoms with van der Waals surface area (Å²) in [6, 6.07) is -0.0590. The zero-order valence-corrected chi connectivity index (χ0v) is 8.07. The second kappa shape index (κ2) is 4.58. The van der Waals surface area contributed by atoms with Crippen LogP contribution in [0.1, 0.15) is 26.2 Å². The second-order valence-corrected chi connectivity index (χ2v) is 3.58. The molecule has 1 saturated heterocycles. The smallest absolute Gasteiger partial charge is 0.219 e. The number of carbonyl (C=O) groups is 1. The normalized spacial score (nSPS) is 25.8. The highest BCUT2D eigenvalue weighted by Crippen LogP contribution is 2.19. The van der Waals surface area contributed by atoms with Crippen molar-refractivity contribution in [3.8, 4) is 0 Å². The zero-order chi connectivity index (χ0) is 9.84. The Kier molecular flexibility index (Phi) is 3.69. The van der Waals surface area contributed by atoms with E-state index in [-0.39, 0.29) is 18.5 Å². The molecule has 1 aliphatic rings. The van der Waals surface area contributed by atoms with E-state index in [1.807, 2.05) is 0 Å². The molecule has 0 aliphatic carbocycles. The number of likely N-dealkylation sites (tertiary alicyclic amines) is 1. The maximum Gasteiger partial charge on any atom is 0.219 e. The van der Waals surface area contributed by atoms with Crippen molar-refractivity contribution in [3.05, 3.63) is 0 Å². The van der Waals surface area contributed by atoms with Crippen LogP contribution in [-0.2, 0) is 4.79 Å². The van der Waals surface area contributed by atoms with Gasteiger partial charge in [-0.25, -0.2) is 0 Å². The van der Waals surface area contributed by atoms with E-state index < -0.39 is 6.10 Å². The molecule has 0 aromatic rings. The minimum atomic E-state index is -0.566. The Bertz CT molecular complexity index is 184. The third kappa shape index (κ3) is 2.42. The van der Waals surface area contributed by atoms with Crippen LogP contribution in [0.25, 0.3) is 0 Å². The Labute approximate surface area is 78.7 Å². The molecule has 0 aromatic carbocycles. The summed E-state index contributed by atoms with van der Waals surface area (Å²) in [5.41, 5.74) is 5.38. The van der Waals surface area contributed by atoms with E-state index in [2.05, 4.69) is 0 Å². The van der Waals surface area contributed by atoms with Gasteiger partial charge in [0.05, 0.1) is 12.1 Å². The van der Waals surface area contributed by atoms with Crippen LogP contribution < -0.4 is 5.73 Å². The molecule has 1 fully saturated rings. The van der Waals surface area contributed by atoms with Crippen molar-refractivity contribution in [2.75, 3.05) is 13.1 Å². The number of aliphatic hydroxyl groups is 1. The maximum absolute atomic E-state index is 11.2. The van der Waals surface area contributed by atoms with Crippen molar-refractivity contribution in [2.45, 2.75) is 38.3 Å². The van der Waals surface area contributed by atoms with Crippen molar-refractivity contribution < 1.29 is 9.90 Å². The highest BCUT2D eigenvalue weighted by Gasteiger charge is 2.29. The summed E-state index contributed by atoms with van der Waals surface area (Å²) in [5.74, 6) is 0.0391. The van der Waals surface area contributed by atoms with E-state index in [9.17, 15) is 9.90 Å². The lowest BCUT2D eigenvalue weighted by atomic mass is 9.97. The predicted octanol–water partition coefficient (Wildman–Crippen LogP) is -0.293. The van der Waals surface area contributed by atoms with Gasteiger partial charge in [-0.05, 0) is 19.3 Å². The number of rotatable bonds is 2. The SMILES string of the molecule is CC(=O)N1CCCCC1C(O)CN. The van der Waals surface area contributed by atoms with Gasteiger partial charge < -0.3 is 15.7 Å². The Morgan fingerprint density at radius 2 is 2.38 bits per heavy atom. The molecule has 0 radical (unpaired) electrons. The van der Waals surface area contributed by atoms with Crippen molar-refractivity contribution >= 4 is 5.91 Å². The van der Waals surface area contributed by atoms with E-state index in [1.165, 1.54) is 0 Å². The fourth-order valence-electron chi connectivity index (χ4n) is 1.91. The first kappa shape index (κ1) is 10.5. The average Bonchev–Trinajstić information content (AvgIpc) is 2.16. The number of hydrogen-bond donors (Lipinski definition) is 2. The van der Waals surface area contributed by atoms with Gasteiger partial charge in [0, 0.05) is 20.0 Å². The zero-order valence-electron chi connectivity index (χ0n) is 8.07. The molecule has 0 bridgehead atoms. The highest BCUT2D eigenvalue weighted by molar-refractivity contribution is 5.73. The van der Waals surface area contributed by atoms with Crippen LogP contribution in [0.2, 0.25) is 0 Å². The van der Waals surface area contributed by atoms with Gasteiger partial charge in [0.25, 0.3) is 0 Å². The molecule has 76 valence electrons. The van der Waals surface area contributed by atoms with Gasteiger partial charge in [0.15, 0.2) is 0 Å². The molecule has 1 amide bonds. The number of amides is 1. The number of nitrogens with two attached hydrogens (primary N) is 1. The van der Waals surface area contributed by atoms with Crippen molar-refractivity contribution in [1.29, 1.82) is 0 Å². The third-order valence-corrected chi connectivity index (χ3v) is 2.64. The number of nitrogens with zero attached hydrogens (tertiary/aromatic N) is 1. The van der Waals surface area contributed by atoms with Gasteiger partial charge in [-0.2, -0.15) is 0 Å². The Morgan fingerprint density at radius 1 is 1.69 bits per heavy atom. The lowest BCUT2D eigenvalue weighted by Crippen LogP contribution is -2.51. The molecule has 4 heteroatoms. The second-order valence-electron chi connectivity index (χ2n) is 3.58. The Hall–Kier alpha value is -0.610. The molecular formula is C9H18N2O2. The quantitative estimate of drug-likeness (QED) is 0.622. The van der Waals surface area contributed by atoms with E-state index in [1.54, 1.807) is 11.8 Å². The van der Waals surface area contributed by atoms with E-state index in [4.69, 9.17) is 5.73 Å². The average molecular weight is 186 g/mol. The van der Waals surface area contributed by atoms with Gasteiger partial charge in [0.2, 0.25) is 5.91 Å². The summed E-state index contributed by atoms with van der Waals surface area (Å²) >= 11 is 0. The van der Waals surface area contributed by atoms with Crippen LogP contribution in [-0.4, -0.2) is 41.1 Å². The highest BCUT2D eigenvalue weighted by atomic mass is 16.3. The Balaban J connectivity index is 2.61. The topological polar surface area (TPSA) is 66.6 Å². The van der Waals surface area contributed by atoms with Crippen LogP contribution in [0.4, 0.5) is 0 Å². The van der Waals surface area contributed by atoms with Crippen molar-refractivity contribution in [1.82, 2.24) is 4.90 Å². The summed E-state index contributed by atoms with van der Waals surface area (Å²) in [4.78, 5) is 12.9. The molecule has 4 nitrogen and oxygen atoms in total. The van der Waals surface area contributed by atoms with Gasteiger partial charge in [-0.1, -0.05) is 0 Å². The lowest BCUT2D eigenvalue weighted by Gasteiger charge is -2.37. The monoisotopic (exact) mass is 186 g/mol. The van der Waals surface area contributed by atoms with E-state index in [0.717, 1.165) is 25.8 Å². The first-order valence-corrected chi connectivity index (χ1v) is 4.82. The summed E-state index contributed by atoms with van der Waals surface area (Å²) in [7, 11) is 0. The van der Waals surface area contributed by atoms with Gasteiger partial charge >= 0.3 is 0 Å². The summed E-state index contributed by atoms with van der Waals surface area (Å²) in [6.45, 7) is 2.53. The molecule has 0 aromatic heterocycles. The fourth-order valence-corrected chi connectivity index (χ4v) is 1.91. The van der Waals surface area contributed by atoms with E-state index in [0.29, 0.717) is 0 Å². The molecule has 0 spiro atoms. The first-order valence-electron chi connectivity index (χ1n) is 4.82. The molecule has 1 rings (SSSR count). The van der Waals surface area contributed by atoms with E-state index >= 15 is 0 Å². The van der Waals surface area contributed by atoms with Crippen LogP contribution in [0.3, 0.4) is 0 Å². The molecule has 2 unspecified atom stereocenters. The van der Waals surface area contributed by atoms with Gasteiger partial charge in [-0.15, -0.1) is 0 Å². The molecular weight excluding hydrogens is 168 g/mol. The molecule has 1 heterocycles. The summed E-state index contributed by atoms with van der Waals surface area (Å²) in [5, 5.41) is 9.58.